The van der Waals surface area contributed by atoms with Crippen LogP contribution in [-0.4, -0.2) is 13.7 Å². The molecule has 0 saturated heterocycles. The third kappa shape index (κ3) is 3.75. The molecule has 2 rings (SSSR count). The quantitative estimate of drug-likeness (QED) is 0.876. The van der Waals surface area contributed by atoms with E-state index >= 15 is 0 Å². The van der Waals surface area contributed by atoms with Crippen molar-refractivity contribution in [1.29, 1.82) is 0 Å². The molecular formula is C17H21NO2. The number of hydrogen-bond acceptors (Lipinski definition) is 3. The van der Waals surface area contributed by atoms with E-state index in [1.807, 2.05) is 43.3 Å². The first-order valence-electron chi connectivity index (χ1n) is 6.81. The largest absolute Gasteiger partial charge is 0.497 e. The van der Waals surface area contributed by atoms with Crippen molar-refractivity contribution in [2.75, 3.05) is 13.7 Å². The second-order valence-corrected chi connectivity index (χ2v) is 4.78. The van der Waals surface area contributed by atoms with Gasteiger partial charge in [-0.25, -0.2) is 0 Å². The molecular weight excluding hydrogens is 250 g/mol. The number of ether oxygens (including phenoxy) is 2. The summed E-state index contributed by atoms with van der Waals surface area (Å²) in [5.74, 6) is 1.58. The van der Waals surface area contributed by atoms with Gasteiger partial charge in [-0.05, 0) is 18.6 Å². The third-order valence-electron chi connectivity index (χ3n) is 3.20. The molecule has 0 aliphatic heterocycles. The number of hydrogen-bond donors (Lipinski definition) is 1. The Bertz CT molecular complexity index is 538. The Morgan fingerprint density at radius 2 is 1.85 bits per heavy atom. The normalized spacial score (nSPS) is 11.9. The maximum Gasteiger partial charge on any atom is 0.127 e. The van der Waals surface area contributed by atoms with Crippen LogP contribution in [-0.2, 0) is 6.42 Å². The van der Waals surface area contributed by atoms with Gasteiger partial charge in [0.05, 0.1) is 13.7 Å². The molecule has 1 unspecified atom stereocenters. The zero-order valence-electron chi connectivity index (χ0n) is 12.0. The zero-order valence-corrected chi connectivity index (χ0v) is 12.0. The van der Waals surface area contributed by atoms with Gasteiger partial charge in [-0.15, -0.1) is 0 Å². The lowest BCUT2D eigenvalue weighted by molar-refractivity contribution is 0.314. The van der Waals surface area contributed by atoms with Crippen LogP contribution in [0.3, 0.4) is 0 Å². The van der Waals surface area contributed by atoms with Gasteiger partial charge in [-0.2, -0.15) is 0 Å². The third-order valence-corrected chi connectivity index (χ3v) is 3.20. The molecule has 106 valence electrons. The fourth-order valence-electron chi connectivity index (χ4n) is 2.07. The van der Waals surface area contributed by atoms with Crippen LogP contribution in [0.2, 0.25) is 0 Å². The highest BCUT2D eigenvalue weighted by molar-refractivity contribution is 5.42. The van der Waals surface area contributed by atoms with Crippen molar-refractivity contribution in [3.8, 4) is 11.5 Å². The minimum Gasteiger partial charge on any atom is -0.497 e. The van der Waals surface area contributed by atoms with Gasteiger partial charge in [0.15, 0.2) is 0 Å². The lowest BCUT2D eigenvalue weighted by Gasteiger charge is -2.15. The highest BCUT2D eigenvalue weighted by Crippen LogP contribution is 2.28. The second kappa shape index (κ2) is 6.96. The molecule has 2 aromatic rings. The number of nitrogens with two attached hydrogens (primary N) is 1. The van der Waals surface area contributed by atoms with E-state index in [4.69, 9.17) is 15.2 Å². The minimum absolute atomic E-state index is 0.0624. The molecule has 0 heterocycles. The monoisotopic (exact) mass is 271 g/mol. The van der Waals surface area contributed by atoms with Crippen LogP contribution < -0.4 is 15.2 Å². The van der Waals surface area contributed by atoms with Crippen LogP contribution in [0.25, 0.3) is 0 Å². The van der Waals surface area contributed by atoms with E-state index in [1.54, 1.807) is 7.11 Å². The molecule has 1 atom stereocenters. The van der Waals surface area contributed by atoms with Crippen molar-refractivity contribution in [3.05, 3.63) is 59.7 Å². The summed E-state index contributed by atoms with van der Waals surface area (Å²) < 4.78 is 11.1. The summed E-state index contributed by atoms with van der Waals surface area (Å²) in [5, 5.41) is 0. The van der Waals surface area contributed by atoms with Gasteiger partial charge in [0.2, 0.25) is 0 Å². The number of benzene rings is 2. The first-order chi connectivity index (χ1) is 9.70. The molecule has 2 aromatic carbocycles. The van der Waals surface area contributed by atoms with Gasteiger partial charge in [0, 0.05) is 24.1 Å². The van der Waals surface area contributed by atoms with Crippen LogP contribution in [0.15, 0.2) is 48.5 Å². The smallest absolute Gasteiger partial charge is 0.127 e. The van der Waals surface area contributed by atoms with Crippen molar-refractivity contribution in [2.24, 2.45) is 5.73 Å². The van der Waals surface area contributed by atoms with Crippen molar-refractivity contribution in [2.45, 2.75) is 19.4 Å². The first-order valence-corrected chi connectivity index (χ1v) is 6.81. The van der Waals surface area contributed by atoms with Gasteiger partial charge in [-0.3, -0.25) is 0 Å². The van der Waals surface area contributed by atoms with Crippen molar-refractivity contribution >= 4 is 0 Å². The molecule has 2 N–H and O–H groups in total. The highest BCUT2D eigenvalue weighted by Gasteiger charge is 2.09. The number of methoxy groups -OCH3 is 1. The molecule has 0 aromatic heterocycles. The van der Waals surface area contributed by atoms with E-state index < -0.39 is 0 Å². The molecule has 3 heteroatoms. The lowest BCUT2D eigenvalue weighted by atomic mass is 10.1. The average Bonchev–Trinajstić information content (AvgIpc) is 2.48. The Morgan fingerprint density at radius 1 is 1.10 bits per heavy atom. The molecule has 0 amide bonds. The van der Waals surface area contributed by atoms with Crippen LogP contribution in [0.1, 0.15) is 24.1 Å². The Hall–Kier alpha value is -2.00. The predicted octanol–water partition coefficient (Wildman–Crippen LogP) is 3.34. The summed E-state index contributed by atoms with van der Waals surface area (Å²) in [5.41, 5.74) is 8.23. The standard InChI is InChI=1S/C17H21NO2/c1-13(18)16-9-8-15(19-2)12-17(16)20-11-10-14-6-4-3-5-7-14/h3-9,12-13H,10-11,18H2,1-2H3. The van der Waals surface area contributed by atoms with E-state index in [0.717, 1.165) is 23.5 Å². The van der Waals surface area contributed by atoms with Crippen LogP contribution >= 0.6 is 0 Å². The average molecular weight is 271 g/mol. The van der Waals surface area contributed by atoms with Gasteiger partial charge < -0.3 is 15.2 Å². The summed E-state index contributed by atoms with van der Waals surface area (Å²) in [6.45, 7) is 2.57. The van der Waals surface area contributed by atoms with Crippen molar-refractivity contribution < 1.29 is 9.47 Å². The SMILES string of the molecule is COc1ccc(C(C)N)c(OCCc2ccccc2)c1. The fourth-order valence-corrected chi connectivity index (χ4v) is 2.07. The summed E-state index contributed by atoms with van der Waals surface area (Å²) in [6.07, 6.45) is 0.871. The Morgan fingerprint density at radius 3 is 2.50 bits per heavy atom. The molecule has 3 nitrogen and oxygen atoms in total. The van der Waals surface area contributed by atoms with E-state index in [9.17, 15) is 0 Å². The Labute approximate surface area is 120 Å². The van der Waals surface area contributed by atoms with E-state index in [0.29, 0.717) is 6.61 Å². The van der Waals surface area contributed by atoms with Gasteiger partial charge in [0.1, 0.15) is 11.5 Å². The maximum absolute atomic E-state index is 5.97. The van der Waals surface area contributed by atoms with Crippen LogP contribution in [0.4, 0.5) is 0 Å². The van der Waals surface area contributed by atoms with E-state index in [1.165, 1.54) is 5.56 Å². The maximum atomic E-state index is 5.97. The zero-order chi connectivity index (χ0) is 14.4. The predicted molar refractivity (Wildman–Crippen MR) is 81.2 cm³/mol. The fraction of sp³-hybridized carbons (Fsp3) is 0.294. The molecule has 0 fully saturated rings. The summed E-state index contributed by atoms with van der Waals surface area (Å²) in [4.78, 5) is 0. The summed E-state index contributed by atoms with van der Waals surface area (Å²) >= 11 is 0. The molecule has 0 radical (unpaired) electrons. The number of rotatable bonds is 6. The van der Waals surface area contributed by atoms with Crippen LogP contribution in [0.5, 0.6) is 11.5 Å². The van der Waals surface area contributed by atoms with Crippen molar-refractivity contribution in [3.63, 3.8) is 0 Å². The van der Waals surface area contributed by atoms with Crippen LogP contribution in [0, 0.1) is 0 Å². The molecule has 0 aliphatic carbocycles. The van der Waals surface area contributed by atoms with Gasteiger partial charge >= 0.3 is 0 Å². The molecule has 0 saturated carbocycles. The first kappa shape index (κ1) is 14.4. The van der Waals surface area contributed by atoms with E-state index in [-0.39, 0.29) is 6.04 Å². The van der Waals surface area contributed by atoms with E-state index in [2.05, 4.69) is 12.1 Å². The van der Waals surface area contributed by atoms with Gasteiger partial charge in [-0.1, -0.05) is 36.4 Å². The molecule has 0 bridgehead atoms. The minimum atomic E-state index is -0.0624. The van der Waals surface area contributed by atoms with Gasteiger partial charge in [0.25, 0.3) is 0 Å². The lowest BCUT2D eigenvalue weighted by Crippen LogP contribution is -2.09. The Kier molecular flexibility index (Phi) is 5.02. The Balaban J connectivity index is 2.04. The highest BCUT2D eigenvalue weighted by atomic mass is 16.5. The molecule has 0 aliphatic rings. The molecule has 20 heavy (non-hydrogen) atoms. The van der Waals surface area contributed by atoms with Crippen molar-refractivity contribution in [1.82, 2.24) is 0 Å². The topological polar surface area (TPSA) is 44.5 Å². The summed E-state index contributed by atoms with van der Waals surface area (Å²) in [7, 11) is 1.65. The second-order valence-electron chi connectivity index (χ2n) is 4.78. The molecule has 0 spiro atoms. The summed E-state index contributed by atoms with van der Waals surface area (Å²) in [6, 6.07) is 16.0.